The molecule has 6 heteroatoms. The van der Waals surface area contributed by atoms with Crippen molar-refractivity contribution in [1.82, 2.24) is 0 Å². The summed E-state index contributed by atoms with van der Waals surface area (Å²) in [5.41, 5.74) is 0. The minimum absolute atomic E-state index is 0.0723. The van der Waals surface area contributed by atoms with Crippen LogP contribution in [-0.2, 0) is 28.6 Å². The lowest BCUT2D eigenvalue weighted by molar-refractivity contribution is -0.167. The maximum Gasteiger partial charge on any atom is 0.306 e. The van der Waals surface area contributed by atoms with E-state index in [4.69, 9.17) is 14.2 Å². The van der Waals surface area contributed by atoms with Crippen LogP contribution in [0.1, 0.15) is 329 Å². The van der Waals surface area contributed by atoms with Crippen molar-refractivity contribution in [2.24, 2.45) is 0 Å². The molecule has 0 N–H and O–H groups in total. The quantitative estimate of drug-likeness (QED) is 0.0261. The second-order valence-electron chi connectivity index (χ2n) is 21.0. The van der Waals surface area contributed by atoms with Crippen molar-refractivity contribution in [3.63, 3.8) is 0 Å². The Labute approximate surface area is 441 Å². The first-order valence-corrected chi connectivity index (χ1v) is 31.1. The number of ether oxygens (including phenoxy) is 3. The number of carbonyl (C=O) groups excluding carboxylic acids is 3. The second kappa shape index (κ2) is 59.9. The normalized spacial score (nSPS) is 12.3. The Morgan fingerprint density at radius 1 is 0.282 bits per heavy atom. The maximum absolute atomic E-state index is 12.8. The molecule has 71 heavy (non-hydrogen) atoms. The summed E-state index contributed by atoms with van der Waals surface area (Å²) in [6.45, 7) is 6.60. The van der Waals surface area contributed by atoms with Gasteiger partial charge in [0.1, 0.15) is 13.2 Å². The third kappa shape index (κ3) is 58.1. The highest BCUT2D eigenvalue weighted by atomic mass is 16.6. The third-order valence-electron chi connectivity index (χ3n) is 13.8. The van der Waals surface area contributed by atoms with Crippen LogP contribution in [0, 0.1) is 0 Å². The van der Waals surface area contributed by atoms with Crippen molar-refractivity contribution in [2.75, 3.05) is 13.2 Å². The van der Waals surface area contributed by atoms with E-state index in [1.165, 1.54) is 212 Å². The number of esters is 3. The molecule has 1 unspecified atom stereocenters. The maximum atomic E-state index is 12.8. The Bertz CT molecular complexity index is 1230. The monoisotopic (exact) mass is 995 g/mol. The summed E-state index contributed by atoms with van der Waals surface area (Å²) < 4.78 is 16.8. The van der Waals surface area contributed by atoms with Crippen LogP contribution < -0.4 is 0 Å². The molecule has 0 heterocycles. The summed E-state index contributed by atoms with van der Waals surface area (Å²) in [6.07, 6.45) is 74.4. The van der Waals surface area contributed by atoms with Crippen molar-refractivity contribution >= 4 is 17.9 Å². The largest absolute Gasteiger partial charge is 0.462 e. The molecule has 0 amide bonds. The van der Waals surface area contributed by atoms with Crippen LogP contribution in [-0.4, -0.2) is 37.2 Å². The Hall–Kier alpha value is -2.63. The van der Waals surface area contributed by atoms with Gasteiger partial charge < -0.3 is 14.2 Å². The van der Waals surface area contributed by atoms with Gasteiger partial charge in [-0.15, -0.1) is 0 Å². The number of rotatable bonds is 57. The van der Waals surface area contributed by atoms with Gasteiger partial charge >= 0.3 is 17.9 Å². The lowest BCUT2D eigenvalue weighted by atomic mass is 10.0. The van der Waals surface area contributed by atoms with E-state index >= 15 is 0 Å². The van der Waals surface area contributed by atoms with Crippen LogP contribution in [0.15, 0.2) is 48.6 Å². The second-order valence-corrected chi connectivity index (χ2v) is 21.0. The molecule has 0 saturated carbocycles. The molecule has 0 aromatic heterocycles. The first-order valence-electron chi connectivity index (χ1n) is 31.1. The van der Waals surface area contributed by atoms with Crippen LogP contribution in [0.4, 0.5) is 0 Å². The molecule has 414 valence electrons. The number of unbranched alkanes of at least 4 members (excludes halogenated alkanes) is 38. The standard InChI is InChI=1S/C65H118O6/c1-4-7-10-13-16-19-21-23-24-25-26-27-28-29-30-31-32-33-34-35-36-37-38-39-40-41-42-43-45-46-49-52-55-58-64(67)70-61-62(60-69-63(66)57-54-51-48-18-15-12-9-6-3)71-65(68)59-56-53-50-47-44-22-20-17-14-11-8-5-2/h17,20-21,23,25-26,28-29,62H,4-16,18-19,22,24,27,30-61H2,1-3H3/b20-17-,23-21-,26-25-,29-28-. The summed E-state index contributed by atoms with van der Waals surface area (Å²) in [5, 5.41) is 0. The van der Waals surface area contributed by atoms with Crippen LogP contribution >= 0.6 is 0 Å². The van der Waals surface area contributed by atoms with E-state index in [2.05, 4.69) is 69.4 Å². The molecule has 6 nitrogen and oxygen atoms in total. The molecule has 0 aliphatic heterocycles. The zero-order valence-corrected chi connectivity index (χ0v) is 47.5. The molecule has 0 fully saturated rings. The smallest absolute Gasteiger partial charge is 0.306 e. The average Bonchev–Trinajstić information content (AvgIpc) is 3.37. The van der Waals surface area contributed by atoms with E-state index in [0.29, 0.717) is 19.3 Å². The van der Waals surface area contributed by atoms with Gasteiger partial charge in [-0.3, -0.25) is 14.4 Å². The Morgan fingerprint density at radius 3 is 0.831 bits per heavy atom. The molecule has 0 radical (unpaired) electrons. The van der Waals surface area contributed by atoms with Gasteiger partial charge in [0, 0.05) is 19.3 Å². The van der Waals surface area contributed by atoms with Crippen molar-refractivity contribution < 1.29 is 28.6 Å². The molecule has 0 aromatic carbocycles. The van der Waals surface area contributed by atoms with Crippen LogP contribution in [0.25, 0.3) is 0 Å². The van der Waals surface area contributed by atoms with E-state index in [-0.39, 0.29) is 31.1 Å². The van der Waals surface area contributed by atoms with Gasteiger partial charge in [-0.05, 0) is 83.5 Å². The van der Waals surface area contributed by atoms with Crippen molar-refractivity contribution in [3.05, 3.63) is 48.6 Å². The first kappa shape index (κ1) is 68.4. The van der Waals surface area contributed by atoms with Crippen molar-refractivity contribution in [1.29, 1.82) is 0 Å². The van der Waals surface area contributed by atoms with Crippen LogP contribution in [0.5, 0.6) is 0 Å². The Balaban J connectivity index is 3.97. The summed E-state index contributed by atoms with van der Waals surface area (Å²) in [7, 11) is 0. The minimum Gasteiger partial charge on any atom is -0.462 e. The van der Waals surface area contributed by atoms with E-state index in [0.717, 1.165) is 77.0 Å². The number of carbonyl (C=O) groups is 3. The molecule has 0 rings (SSSR count). The van der Waals surface area contributed by atoms with Crippen molar-refractivity contribution in [2.45, 2.75) is 335 Å². The number of allylic oxidation sites excluding steroid dienone is 8. The third-order valence-corrected chi connectivity index (χ3v) is 13.8. The number of hydrogen-bond acceptors (Lipinski definition) is 6. The molecule has 0 bridgehead atoms. The fraction of sp³-hybridized carbons (Fsp3) is 0.831. The van der Waals surface area contributed by atoms with E-state index in [9.17, 15) is 14.4 Å². The number of hydrogen-bond donors (Lipinski definition) is 0. The molecule has 1 atom stereocenters. The van der Waals surface area contributed by atoms with Gasteiger partial charge in [-0.25, -0.2) is 0 Å². The average molecular weight is 996 g/mol. The fourth-order valence-electron chi connectivity index (χ4n) is 9.09. The molecule has 0 saturated heterocycles. The summed E-state index contributed by atoms with van der Waals surface area (Å²) in [6, 6.07) is 0. The van der Waals surface area contributed by atoms with Gasteiger partial charge in [0.2, 0.25) is 0 Å². The topological polar surface area (TPSA) is 78.9 Å². The van der Waals surface area contributed by atoms with Gasteiger partial charge in [-0.1, -0.05) is 275 Å². The van der Waals surface area contributed by atoms with Gasteiger partial charge in [-0.2, -0.15) is 0 Å². The van der Waals surface area contributed by atoms with E-state index in [1.807, 2.05) is 0 Å². The fourth-order valence-corrected chi connectivity index (χ4v) is 9.09. The van der Waals surface area contributed by atoms with E-state index in [1.54, 1.807) is 0 Å². The Morgan fingerprint density at radius 2 is 0.507 bits per heavy atom. The summed E-state index contributed by atoms with van der Waals surface area (Å²) in [5.74, 6) is -0.872. The molecular weight excluding hydrogens is 877 g/mol. The Kier molecular flexibility index (Phi) is 57.7. The van der Waals surface area contributed by atoms with Crippen LogP contribution in [0.2, 0.25) is 0 Å². The van der Waals surface area contributed by atoms with Crippen molar-refractivity contribution in [3.8, 4) is 0 Å². The highest BCUT2D eigenvalue weighted by Crippen LogP contribution is 2.17. The van der Waals surface area contributed by atoms with Gasteiger partial charge in [0.25, 0.3) is 0 Å². The predicted octanol–water partition coefficient (Wildman–Crippen LogP) is 21.0. The molecule has 0 aromatic rings. The van der Waals surface area contributed by atoms with Gasteiger partial charge in [0.15, 0.2) is 6.10 Å². The SMILES string of the molecule is CCCCC/C=C\CCCCCCCC(=O)OC(COC(=O)CCCCCCCCCC)COC(=O)CCCCCCCCCCCCCCCCCCCC/C=C\C/C=C\C/C=C\CCCCCCC. The predicted molar refractivity (Wildman–Crippen MR) is 307 cm³/mol. The summed E-state index contributed by atoms with van der Waals surface area (Å²) in [4.78, 5) is 37.9. The molecule has 0 spiro atoms. The summed E-state index contributed by atoms with van der Waals surface area (Å²) >= 11 is 0. The highest BCUT2D eigenvalue weighted by Gasteiger charge is 2.19. The van der Waals surface area contributed by atoms with Crippen LogP contribution in [0.3, 0.4) is 0 Å². The minimum atomic E-state index is -0.771. The zero-order valence-electron chi connectivity index (χ0n) is 47.5. The highest BCUT2D eigenvalue weighted by molar-refractivity contribution is 5.71. The lowest BCUT2D eigenvalue weighted by Crippen LogP contribution is -2.30. The van der Waals surface area contributed by atoms with E-state index < -0.39 is 6.10 Å². The molecular formula is C65H118O6. The molecule has 0 aliphatic rings. The van der Waals surface area contributed by atoms with Gasteiger partial charge in [0.05, 0.1) is 0 Å². The lowest BCUT2D eigenvalue weighted by Gasteiger charge is -2.18. The first-order chi connectivity index (χ1) is 35.0. The zero-order chi connectivity index (χ0) is 51.4. The molecule has 0 aliphatic carbocycles.